The molecule has 5 heteroatoms. The highest BCUT2D eigenvalue weighted by Crippen LogP contribution is 2.28. The third-order valence-corrected chi connectivity index (χ3v) is 2.86. The summed E-state index contributed by atoms with van der Waals surface area (Å²) in [7, 11) is 0. The van der Waals surface area contributed by atoms with Crippen LogP contribution < -0.4 is 5.73 Å². The average molecular weight is 231 g/mol. The molecular formula is C11H12F3NO. The number of hydrogen-bond acceptors (Lipinski definition) is 2. The number of benzene rings is 1. The summed E-state index contributed by atoms with van der Waals surface area (Å²) in [4.78, 5) is 0. The fourth-order valence-electron chi connectivity index (χ4n) is 1.88. The molecule has 0 aromatic heterocycles. The second-order valence-electron chi connectivity index (χ2n) is 3.95. The van der Waals surface area contributed by atoms with Gasteiger partial charge in [0.2, 0.25) is 0 Å². The van der Waals surface area contributed by atoms with Gasteiger partial charge in [-0.2, -0.15) is 0 Å². The van der Waals surface area contributed by atoms with E-state index >= 15 is 0 Å². The van der Waals surface area contributed by atoms with Crippen LogP contribution in [0.3, 0.4) is 0 Å². The van der Waals surface area contributed by atoms with Gasteiger partial charge in [-0.15, -0.1) is 0 Å². The summed E-state index contributed by atoms with van der Waals surface area (Å²) in [6.07, 6.45) is 0.752. The van der Waals surface area contributed by atoms with Crippen molar-refractivity contribution in [2.45, 2.75) is 12.5 Å². The van der Waals surface area contributed by atoms with Crippen molar-refractivity contribution in [3.05, 3.63) is 35.1 Å². The minimum atomic E-state index is -1.46. The molecule has 1 fully saturated rings. The van der Waals surface area contributed by atoms with Crippen LogP contribution >= 0.6 is 0 Å². The van der Waals surface area contributed by atoms with Gasteiger partial charge >= 0.3 is 0 Å². The smallest absolute Gasteiger partial charge is 0.194 e. The minimum absolute atomic E-state index is 0.0317. The Morgan fingerprint density at radius 2 is 1.88 bits per heavy atom. The first-order valence-electron chi connectivity index (χ1n) is 5.07. The molecule has 88 valence electrons. The maximum Gasteiger partial charge on any atom is 0.194 e. The molecule has 2 atom stereocenters. The molecule has 2 N–H and O–H groups in total. The first kappa shape index (κ1) is 11.4. The molecule has 0 amide bonds. The van der Waals surface area contributed by atoms with Crippen LogP contribution in [0.5, 0.6) is 0 Å². The molecule has 1 saturated heterocycles. The molecule has 1 aliphatic heterocycles. The molecule has 0 aliphatic carbocycles. The van der Waals surface area contributed by atoms with Gasteiger partial charge in [0.15, 0.2) is 17.5 Å². The number of halogens is 3. The number of ether oxygens (including phenoxy) is 1. The van der Waals surface area contributed by atoms with Gasteiger partial charge in [-0.25, -0.2) is 13.2 Å². The zero-order valence-corrected chi connectivity index (χ0v) is 8.55. The van der Waals surface area contributed by atoms with Gasteiger partial charge in [0.05, 0.1) is 6.61 Å². The monoisotopic (exact) mass is 231 g/mol. The van der Waals surface area contributed by atoms with Gasteiger partial charge in [0.25, 0.3) is 0 Å². The summed E-state index contributed by atoms with van der Waals surface area (Å²) < 4.78 is 43.8. The lowest BCUT2D eigenvalue weighted by atomic mass is 9.93. The van der Waals surface area contributed by atoms with Gasteiger partial charge < -0.3 is 10.5 Å². The van der Waals surface area contributed by atoms with Gasteiger partial charge in [-0.3, -0.25) is 0 Å². The highest BCUT2D eigenvalue weighted by molar-refractivity contribution is 5.23. The van der Waals surface area contributed by atoms with Crippen molar-refractivity contribution in [2.75, 3.05) is 13.2 Å². The van der Waals surface area contributed by atoms with E-state index in [1.165, 1.54) is 0 Å². The molecule has 0 saturated carbocycles. The molecule has 1 aromatic rings. The van der Waals surface area contributed by atoms with Crippen molar-refractivity contribution >= 4 is 0 Å². The van der Waals surface area contributed by atoms with E-state index in [1.807, 2.05) is 0 Å². The lowest BCUT2D eigenvalue weighted by molar-refractivity contribution is 0.181. The Kier molecular flexibility index (Phi) is 3.16. The Labute approximate surface area is 91.2 Å². The molecule has 16 heavy (non-hydrogen) atoms. The third-order valence-electron chi connectivity index (χ3n) is 2.86. The molecule has 1 aliphatic rings. The lowest BCUT2D eigenvalue weighted by Gasteiger charge is -2.18. The zero-order chi connectivity index (χ0) is 11.7. The van der Waals surface area contributed by atoms with Crippen molar-refractivity contribution < 1.29 is 17.9 Å². The molecule has 2 unspecified atom stereocenters. The molecular weight excluding hydrogens is 219 g/mol. The van der Waals surface area contributed by atoms with Crippen LogP contribution in [-0.4, -0.2) is 13.2 Å². The van der Waals surface area contributed by atoms with E-state index in [0.717, 1.165) is 18.6 Å². The fraction of sp³-hybridized carbons (Fsp3) is 0.455. The molecule has 2 nitrogen and oxygen atoms in total. The fourth-order valence-corrected chi connectivity index (χ4v) is 1.88. The first-order chi connectivity index (χ1) is 7.59. The van der Waals surface area contributed by atoms with E-state index in [0.29, 0.717) is 13.2 Å². The highest BCUT2D eigenvalue weighted by Gasteiger charge is 2.25. The molecule has 0 bridgehead atoms. The highest BCUT2D eigenvalue weighted by atomic mass is 19.2. The summed E-state index contributed by atoms with van der Waals surface area (Å²) in [5.41, 5.74) is 6.12. The van der Waals surface area contributed by atoms with Crippen LogP contribution in [0.15, 0.2) is 12.1 Å². The van der Waals surface area contributed by atoms with Crippen molar-refractivity contribution in [2.24, 2.45) is 11.7 Å². The Morgan fingerprint density at radius 1 is 1.25 bits per heavy atom. The van der Waals surface area contributed by atoms with E-state index in [9.17, 15) is 13.2 Å². The summed E-state index contributed by atoms with van der Waals surface area (Å²) in [5.74, 6) is -3.84. The first-order valence-corrected chi connectivity index (χ1v) is 5.07. The van der Waals surface area contributed by atoms with E-state index in [-0.39, 0.29) is 11.5 Å². The van der Waals surface area contributed by atoms with Crippen LogP contribution in [0.25, 0.3) is 0 Å². The van der Waals surface area contributed by atoms with Gasteiger partial charge in [0.1, 0.15) is 0 Å². The third kappa shape index (κ3) is 2.05. The Bertz CT molecular complexity index is 368. The average Bonchev–Trinajstić information content (AvgIpc) is 2.77. The summed E-state index contributed by atoms with van der Waals surface area (Å²) >= 11 is 0. The van der Waals surface area contributed by atoms with Crippen molar-refractivity contribution in [1.29, 1.82) is 0 Å². The van der Waals surface area contributed by atoms with E-state index in [1.54, 1.807) is 0 Å². The molecule has 1 aromatic carbocycles. The Morgan fingerprint density at radius 3 is 2.38 bits per heavy atom. The predicted molar refractivity (Wildman–Crippen MR) is 52.2 cm³/mol. The summed E-state index contributed by atoms with van der Waals surface area (Å²) in [5, 5.41) is 0. The minimum Gasteiger partial charge on any atom is -0.381 e. The largest absolute Gasteiger partial charge is 0.381 e. The van der Waals surface area contributed by atoms with Gasteiger partial charge in [0, 0.05) is 18.6 Å². The quantitative estimate of drug-likeness (QED) is 0.791. The van der Waals surface area contributed by atoms with E-state index in [2.05, 4.69) is 0 Å². The normalized spacial score (nSPS) is 22.4. The topological polar surface area (TPSA) is 35.2 Å². The van der Waals surface area contributed by atoms with Crippen LogP contribution in [-0.2, 0) is 4.74 Å². The van der Waals surface area contributed by atoms with Crippen molar-refractivity contribution in [3.8, 4) is 0 Å². The SMILES string of the molecule is NC(c1cc(F)c(F)c(F)c1)C1CCOC1. The zero-order valence-electron chi connectivity index (χ0n) is 8.55. The van der Waals surface area contributed by atoms with Crippen LogP contribution in [0, 0.1) is 23.4 Å². The van der Waals surface area contributed by atoms with Crippen LogP contribution in [0.1, 0.15) is 18.0 Å². The van der Waals surface area contributed by atoms with Crippen LogP contribution in [0.4, 0.5) is 13.2 Å². The lowest BCUT2D eigenvalue weighted by Crippen LogP contribution is -2.22. The van der Waals surface area contributed by atoms with Gasteiger partial charge in [-0.1, -0.05) is 0 Å². The van der Waals surface area contributed by atoms with Gasteiger partial charge in [-0.05, 0) is 24.1 Å². The molecule has 2 rings (SSSR count). The van der Waals surface area contributed by atoms with Crippen molar-refractivity contribution in [1.82, 2.24) is 0 Å². The number of rotatable bonds is 2. The molecule has 1 heterocycles. The Balaban J connectivity index is 2.26. The summed E-state index contributed by atoms with van der Waals surface area (Å²) in [6, 6.07) is 1.37. The maximum absolute atomic E-state index is 13.0. The number of nitrogens with two attached hydrogens (primary N) is 1. The van der Waals surface area contributed by atoms with E-state index < -0.39 is 23.5 Å². The van der Waals surface area contributed by atoms with E-state index in [4.69, 9.17) is 10.5 Å². The maximum atomic E-state index is 13.0. The van der Waals surface area contributed by atoms with Crippen LogP contribution in [0.2, 0.25) is 0 Å². The summed E-state index contributed by atoms with van der Waals surface area (Å²) in [6.45, 7) is 1.08. The standard InChI is InChI=1S/C11H12F3NO/c12-8-3-7(4-9(13)10(8)14)11(15)6-1-2-16-5-6/h3-4,6,11H,1-2,5,15H2. The molecule has 0 radical (unpaired) electrons. The second-order valence-corrected chi connectivity index (χ2v) is 3.95. The molecule has 0 spiro atoms. The second kappa shape index (κ2) is 4.43. The predicted octanol–water partition coefficient (Wildman–Crippen LogP) is 2.14. The number of hydrogen-bond donors (Lipinski definition) is 1. The van der Waals surface area contributed by atoms with Crippen molar-refractivity contribution in [3.63, 3.8) is 0 Å². The Hall–Kier alpha value is -1.07.